The molecule has 1 aromatic rings. The Hall–Kier alpha value is -0.800. The van der Waals surface area contributed by atoms with Crippen LogP contribution in [0, 0.1) is 11.7 Å². The first-order valence-corrected chi connectivity index (χ1v) is 5.28. The molecule has 0 radical (unpaired) electrons. The Labute approximate surface area is 93.2 Å². The molecule has 1 aliphatic carbocycles. The average molecular weight is 230 g/mol. The van der Waals surface area contributed by atoms with E-state index in [1.807, 2.05) is 0 Å². The molecule has 0 heterocycles. The number of hydrogen-bond acceptors (Lipinski definition) is 2. The van der Waals surface area contributed by atoms with Crippen LogP contribution in [0.3, 0.4) is 0 Å². The summed E-state index contributed by atoms with van der Waals surface area (Å²) in [4.78, 5) is 0. The third-order valence-electron chi connectivity index (χ3n) is 2.90. The molecule has 0 spiro atoms. The highest BCUT2D eigenvalue weighted by Gasteiger charge is 2.39. The minimum absolute atomic E-state index is 0.147. The summed E-state index contributed by atoms with van der Waals surface area (Å²) in [5.74, 6) is 0.989. The smallest absolute Gasteiger partial charge is 0.145 e. The predicted molar refractivity (Wildman–Crippen MR) is 57.9 cm³/mol. The number of nitrogens with two attached hydrogens (primary N) is 1. The Balaban J connectivity index is 2.34. The molecule has 2 rings (SSSR count). The van der Waals surface area contributed by atoms with Gasteiger partial charge in [-0.3, -0.25) is 0 Å². The highest BCUT2D eigenvalue weighted by Crippen LogP contribution is 2.50. The zero-order chi connectivity index (χ0) is 11.0. The van der Waals surface area contributed by atoms with Crippen LogP contribution in [-0.2, 0) is 0 Å². The van der Waals surface area contributed by atoms with Gasteiger partial charge in [-0.15, -0.1) is 0 Å². The van der Waals surface area contributed by atoms with E-state index in [9.17, 15) is 4.39 Å². The SMILES string of the molecule is COc1cc(F)c(Cl)cc1C1CC1CN. The van der Waals surface area contributed by atoms with Crippen molar-refractivity contribution in [3.8, 4) is 5.75 Å². The van der Waals surface area contributed by atoms with Crippen LogP contribution >= 0.6 is 11.6 Å². The molecule has 2 N–H and O–H groups in total. The normalized spacial score (nSPS) is 24.0. The van der Waals surface area contributed by atoms with E-state index in [0.717, 1.165) is 12.0 Å². The Kier molecular flexibility index (Phi) is 2.85. The number of halogens is 2. The van der Waals surface area contributed by atoms with E-state index in [1.165, 1.54) is 13.2 Å². The minimum Gasteiger partial charge on any atom is -0.496 e. The first-order chi connectivity index (χ1) is 7.17. The van der Waals surface area contributed by atoms with Crippen LogP contribution in [0.2, 0.25) is 5.02 Å². The van der Waals surface area contributed by atoms with Gasteiger partial charge in [-0.05, 0) is 36.4 Å². The molecule has 0 saturated heterocycles. The van der Waals surface area contributed by atoms with Crippen LogP contribution in [0.15, 0.2) is 12.1 Å². The van der Waals surface area contributed by atoms with Crippen LogP contribution in [0.4, 0.5) is 4.39 Å². The fourth-order valence-corrected chi connectivity index (χ4v) is 2.07. The molecule has 2 nitrogen and oxygen atoms in total. The molecule has 0 aromatic heterocycles. The summed E-state index contributed by atoms with van der Waals surface area (Å²) in [5, 5.41) is 0.147. The highest BCUT2D eigenvalue weighted by atomic mass is 35.5. The van der Waals surface area contributed by atoms with Crippen molar-refractivity contribution in [3.05, 3.63) is 28.5 Å². The monoisotopic (exact) mass is 229 g/mol. The summed E-state index contributed by atoms with van der Waals surface area (Å²) in [5.41, 5.74) is 6.54. The van der Waals surface area contributed by atoms with E-state index in [0.29, 0.717) is 24.1 Å². The van der Waals surface area contributed by atoms with Gasteiger partial charge in [0.1, 0.15) is 11.6 Å². The maximum Gasteiger partial charge on any atom is 0.145 e. The van der Waals surface area contributed by atoms with Gasteiger partial charge in [0.2, 0.25) is 0 Å². The van der Waals surface area contributed by atoms with E-state index >= 15 is 0 Å². The molecule has 82 valence electrons. The van der Waals surface area contributed by atoms with E-state index in [4.69, 9.17) is 22.1 Å². The molecule has 1 aromatic carbocycles. The first kappa shape index (κ1) is 10.7. The molecule has 1 saturated carbocycles. The van der Waals surface area contributed by atoms with Gasteiger partial charge in [0.25, 0.3) is 0 Å². The summed E-state index contributed by atoms with van der Waals surface area (Å²) < 4.78 is 18.3. The van der Waals surface area contributed by atoms with E-state index < -0.39 is 5.82 Å². The molecule has 0 amide bonds. The Morgan fingerprint density at radius 3 is 2.87 bits per heavy atom. The number of benzene rings is 1. The van der Waals surface area contributed by atoms with Crippen molar-refractivity contribution < 1.29 is 9.13 Å². The Morgan fingerprint density at radius 1 is 1.60 bits per heavy atom. The topological polar surface area (TPSA) is 35.2 Å². The molecule has 4 heteroatoms. The summed E-state index contributed by atoms with van der Waals surface area (Å²) in [6, 6.07) is 2.99. The van der Waals surface area contributed by atoms with Crippen LogP contribution in [-0.4, -0.2) is 13.7 Å². The third-order valence-corrected chi connectivity index (χ3v) is 3.19. The highest BCUT2D eigenvalue weighted by molar-refractivity contribution is 6.30. The third kappa shape index (κ3) is 1.94. The fraction of sp³-hybridized carbons (Fsp3) is 0.455. The fourth-order valence-electron chi connectivity index (χ4n) is 1.90. The zero-order valence-corrected chi connectivity index (χ0v) is 9.22. The van der Waals surface area contributed by atoms with Gasteiger partial charge in [-0.2, -0.15) is 0 Å². The molecule has 2 unspecified atom stereocenters. The van der Waals surface area contributed by atoms with Crippen molar-refractivity contribution in [2.45, 2.75) is 12.3 Å². The molecule has 2 atom stereocenters. The zero-order valence-electron chi connectivity index (χ0n) is 8.47. The average Bonchev–Trinajstić information content (AvgIpc) is 3.00. The summed E-state index contributed by atoms with van der Waals surface area (Å²) >= 11 is 5.74. The van der Waals surface area contributed by atoms with E-state index in [-0.39, 0.29) is 5.02 Å². The lowest BCUT2D eigenvalue weighted by atomic mass is 10.1. The lowest BCUT2D eigenvalue weighted by molar-refractivity contribution is 0.405. The molecular formula is C11H13ClFNO. The maximum absolute atomic E-state index is 13.2. The van der Waals surface area contributed by atoms with E-state index in [1.54, 1.807) is 6.07 Å². The summed E-state index contributed by atoms with van der Waals surface area (Å²) in [7, 11) is 1.53. The van der Waals surface area contributed by atoms with Crippen LogP contribution in [0.25, 0.3) is 0 Å². The first-order valence-electron chi connectivity index (χ1n) is 4.90. The number of methoxy groups -OCH3 is 1. The standard InChI is InChI=1S/C11H13ClFNO/c1-15-11-4-10(13)9(12)3-8(11)7-2-6(7)5-14/h3-4,6-7H,2,5,14H2,1H3. The number of hydrogen-bond donors (Lipinski definition) is 1. The summed E-state index contributed by atoms with van der Waals surface area (Å²) in [6.45, 7) is 0.656. The van der Waals surface area contributed by atoms with Gasteiger partial charge in [0.15, 0.2) is 0 Å². The van der Waals surface area contributed by atoms with Crippen molar-refractivity contribution >= 4 is 11.6 Å². The largest absolute Gasteiger partial charge is 0.496 e. The molecule has 15 heavy (non-hydrogen) atoms. The second kappa shape index (κ2) is 3.99. The van der Waals surface area contributed by atoms with E-state index in [2.05, 4.69) is 0 Å². The molecule has 1 aliphatic rings. The lowest BCUT2D eigenvalue weighted by Gasteiger charge is -2.09. The molecule has 0 aliphatic heterocycles. The predicted octanol–water partition coefficient (Wildman–Crippen LogP) is 2.55. The van der Waals surface area contributed by atoms with Gasteiger partial charge < -0.3 is 10.5 Å². The number of rotatable bonds is 3. The Morgan fingerprint density at radius 2 is 2.33 bits per heavy atom. The van der Waals surface area contributed by atoms with Gasteiger partial charge >= 0.3 is 0 Å². The van der Waals surface area contributed by atoms with Gasteiger partial charge in [-0.25, -0.2) is 4.39 Å². The van der Waals surface area contributed by atoms with Gasteiger partial charge in [-0.1, -0.05) is 11.6 Å². The molecule has 0 bridgehead atoms. The summed E-state index contributed by atoms with van der Waals surface area (Å²) in [6.07, 6.45) is 1.04. The molecule has 1 fully saturated rings. The number of ether oxygens (including phenoxy) is 1. The van der Waals surface area contributed by atoms with Crippen LogP contribution < -0.4 is 10.5 Å². The second-order valence-electron chi connectivity index (χ2n) is 3.85. The quantitative estimate of drug-likeness (QED) is 0.865. The maximum atomic E-state index is 13.2. The van der Waals surface area contributed by atoms with Gasteiger partial charge in [0, 0.05) is 6.07 Å². The minimum atomic E-state index is -0.442. The van der Waals surface area contributed by atoms with Gasteiger partial charge in [0.05, 0.1) is 12.1 Å². The van der Waals surface area contributed by atoms with Crippen LogP contribution in [0.5, 0.6) is 5.75 Å². The van der Waals surface area contributed by atoms with Crippen molar-refractivity contribution in [2.24, 2.45) is 11.7 Å². The Bertz CT molecular complexity index is 383. The van der Waals surface area contributed by atoms with Crippen molar-refractivity contribution in [3.63, 3.8) is 0 Å². The second-order valence-corrected chi connectivity index (χ2v) is 4.25. The molecular weight excluding hydrogens is 217 g/mol. The van der Waals surface area contributed by atoms with Crippen LogP contribution in [0.1, 0.15) is 17.9 Å². The lowest BCUT2D eigenvalue weighted by Crippen LogP contribution is -2.02. The van der Waals surface area contributed by atoms with Crippen molar-refractivity contribution in [2.75, 3.05) is 13.7 Å². The van der Waals surface area contributed by atoms with Crippen molar-refractivity contribution in [1.82, 2.24) is 0 Å². The van der Waals surface area contributed by atoms with Crippen molar-refractivity contribution in [1.29, 1.82) is 0 Å².